The molecule has 0 bridgehead atoms. The van der Waals surface area contributed by atoms with E-state index >= 15 is 0 Å². The van der Waals surface area contributed by atoms with Crippen LogP contribution < -0.4 is 0 Å². The van der Waals surface area contributed by atoms with E-state index in [0.717, 1.165) is 5.56 Å². The van der Waals surface area contributed by atoms with Crippen LogP contribution in [0.15, 0.2) is 0 Å². The van der Waals surface area contributed by atoms with Crippen LogP contribution in [0.25, 0.3) is 0 Å². The van der Waals surface area contributed by atoms with Crippen molar-refractivity contribution in [1.29, 1.82) is 5.41 Å². The Morgan fingerprint density at radius 1 is 0.714 bits per heavy atom. The van der Waals surface area contributed by atoms with Crippen LogP contribution in [0.2, 0.25) is 0 Å². The van der Waals surface area contributed by atoms with Crippen LogP contribution in [0.1, 0.15) is 40.3 Å². The van der Waals surface area contributed by atoms with Gasteiger partial charge in [-0.25, -0.2) is 0 Å². The van der Waals surface area contributed by atoms with Crippen molar-refractivity contribution in [2.75, 3.05) is 0 Å². The zero-order valence-corrected chi connectivity index (χ0v) is 10.0. The van der Waals surface area contributed by atoms with Crippen molar-refractivity contribution in [1.82, 2.24) is 0 Å². The van der Waals surface area contributed by atoms with Crippen molar-refractivity contribution < 1.29 is 0 Å². The molecule has 0 aromatic heterocycles. The fourth-order valence-electron chi connectivity index (χ4n) is 2.06. The first-order valence-electron chi connectivity index (χ1n) is 5.00. The van der Waals surface area contributed by atoms with Gasteiger partial charge >= 0.3 is 0 Å². The van der Waals surface area contributed by atoms with Crippen molar-refractivity contribution in [3.8, 4) is 0 Å². The average Bonchev–Trinajstić information content (AvgIpc) is 2.11. The summed E-state index contributed by atoms with van der Waals surface area (Å²) in [5.74, 6) is 0. The first-order chi connectivity index (χ1) is 6.37. The zero-order chi connectivity index (χ0) is 11.0. The second-order valence-electron chi connectivity index (χ2n) is 4.12. The minimum absolute atomic E-state index is 0.672. The van der Waals surface area contributed by atoms with Crippen LogP contribution in [0.3, 0.4) is 0 Å². The first-order valence-corrected chi connectivity index (χ1v) is 5.00. The molecule has 1 rings (SSSR count). The monoisotopic (exact) mass is 189 g/mol. The number of hydrogen-bond donors (Lipinski definition) is 1. The van der Waals surface area contributed by atoms with Gasteiger partial charge in [0.15, 0.2) is 0 Å². The summed E-state index contributed by atoms with van der Waals surface area (Å²) in [6.45, 7) is 12.5. The van der Waals surface area contributed by atoms with Crippen LogP contribution in [-0.4, -0.2) is 5.71 Å². The number of benzene rings is 1. The molecule has 1 nitrogen and oxygen atoms in total. The highest BCUT2D eigenvalue weighted by Gasteiger charge is 2.12. The Hall–Kier alpha value is -1.11. The first kappa shape index (κ1) is 11.0. The van der Waals surface area contributed by atoms with Gasteiger partial charge in [0.2, 0.25) is 0 Å². The van der Waals surface area contributed by atoms with E-state index in [-0.39, 0.29) is 0 Å². The van der Waals surface area contributed by atoms with Gasteiger partial charge in [0.25, 0.3) is 0 Å². The van der Waals surface area contributed by atoms with Crippen molar-refractivity contribution in [2.45, 2.75) is 41.5 Å². The van der Waals surface area contributed by atoms with E-state index in [2.05, 4.69) is 34.6 Å². The Kier molecular flexibility index (Phi) is 2.79. The molecule has 0 aliphatic carbocycles. The third-order valence-corrected chi connectivity index (χ3v) is 3.38. The van der Waals surface area contributed by atoms with Crippen molar-refractivity contribution in [3.05, 3.63) is 33.4 Å². The second-order valence-corrected chi connectivity index (χ2v) is 4.12. The lowest BCUT2D eigenvalue weighted by atomic mass is 9.88. The lowest BCUT2D eigenvalue weighted by Crippen LogP contribution is -2.06. The molecule has 14 heavy (non-hydrogen) atoms. The summed E-state index contributed by atoms with van der Waals surface area (Å²) in [4.78, 5) is 0. The SMILES string of the molecule is CC(=N)c1c(C)c(C)c(C)c(C)c1C. The van der Waals surface area contributed by atoms with Crippen LogP contribution in [0.5, 0.6) is 0 Å². The molecule has 0 radical (unpaired) electrons. The number of hydrogen-bond acceptors (Lipinski definition) is 1. The molecule has 0 saturated heterocycles. The molecule has 1 N–H and O–H groups in total. The minimum Gasteiger partial charge on any atom is -0.305 e. The van der Waals surface area contributed by atoms with E-state index in [1.165, 1.54) is 27.8 Å². The fourth-order valence-corrected chi connectivity index (χ4v) is 2.06. The van der Waals surface area contributed by atoms with Gasteiger partial charge < -0.3 is 5.41 Å². The minimum atomic E-state index is 0.672. The van der Waals surface area contributed by atoms with Crippen LogP contribution in [0, 0.1) is 40.0 Å². The maximum absolute atomic E-state index is 7.78. The Bertz CT molecular complexity index is 371. The molecule has 0 spiro atoms. The third-order valence-electron chi connectivity index (χ3n) is 3.38. The largest absolute Gasteiger partial charge is 0.305 e. The summed E-state index contributed by atoms with van der Waals surface area (Å²) >= 11 is 0. The maximum atomic E-state index is 7.78. The highest BCUT2D eigenvalue weighted by molar-refractivity contribution is 5.99. The fraction of sp³-hybridized carbons (Fsp3) is 0.462. The lowest BCUT2D eigenvalue weighted by Gasteiger charge is -2.17. The van der Waals surface area contributed by atoms with Gasteiger partial charge in [0, 0.05) is 11.3 Å². The highest BCUT2D eigenvalue weighted by atomic mass is 14.4. The zero-order valence-electron chi connectivity index (χ0n) is 10.0. The molecule has 0 aliphatic heterocycles. The van der Waals surface area contributed by atoms with Crippen molar-refractivity contribution in [3.63, 3.8) is 0 Å². The summed E-state index contributed by atoms with van der Waals surface area (Å²) in [6, 6.07) is 0. The van der Waals surface area contributed by atoms with Crippen LogP contribution in [-0.2, 0) is 0 Å². The van der Waals surface area contributed by atoms with Gasteiger partial charge in [-0.2, -0.15) is 0 Å². The Balaban J connectivity index is 3.68. The average molecular weight is 189 g/mol. The molecule has 1 aromatic rings. The predicted molar refractivity (Wildman–Crippen MR) is 62.6 cm³/mol. The molecular weight excluding hydrogens is 170 g/mol. The molecule has 0 fully saturated rings. The summed E-state index contributed by atoms with van der Waals surface area (Å²) in [5.41, 5.74) is 8.35. The van der Waals surface area contributed by atoms with E-state index in [0.29, 0.717) is 5.71 Å². The van der Waals surface area contributed by atoms with Gasteiger partial charge in [-0.3, -0.25) is 0 Å². The predicted octanol–water partition coefficient (Wildman–Crippen LogP) is 3.62. The van der Waals surface area contributed by atoms with E-state index in [1.54, 1.807) is 0 Å². The molecule has 0 heterocycles. The molecular formula is C13H19N. The van der Waals surface area contributed by atoms with Gasteiger partial charge in [-0.1, -0.05) is 0 Å². The summed E-state index contributed by atoms with van der Waals surface area (Å²) in [5, 5.41) is 7.78. The van der Waals surface area contributed by atoms with E-state index in [1.807, 2.05) is 6.92 Å². The second kappa shape index (κ2) is 3.56. The third kappa shape index (κ3) is 1.47. The van der Waals surface area contributed by atoms with E-state index in [9.17, 15) is 0 Å². The number of nitrogens with one attached hydrogen (secondary N) is 1. The van der Waals surface area contributed by atoms with Crippen molar-refractivity contribution in [2.24, 2.45) is 0 Å². The van der Waals surface area contributed by atoms with E-state index in [4.69, 9.17) is 5.41 Å². The molecule has 1 aromatic carbocycles. The van der Waals surface area contributed by atoms with Crippen LogP contribution in [0.4, 0.5) is 0 Å². The molecule has 0 aliphatic rings. The van der Waals surface area contributed by atoms with Gasteiger partial charge in [-0.05, 0) is 69.4 Å². The molecule has 0 unspecified atom stereocenters. The molecule has 0 saturated carbocycles. The maximum Gasteiger partial charge on any atom is 0.0360 e. The molecule has 0 atom stereocenters. The Morgan fingerprint density at radius 2 is 1.00 bits per heavy atom. The van der Waals surface area contributed by atoms with Crippen LogP contribution >= 0.6 is 0 Å². The van der Waals surface area contributed by atoms with Gasteiger partial charge in [0.1, 0.15) is 0 Å². The van der Waals surface area contributed by atoms with Gasteiger partial charge in [0.05, 0.1) is 0 Å². The number of rotatable bonds is 1. The Morgan fingerprint density at radius 3 is 1.29 bits per heavy atom. The topological polar surface area (TPSA) is 23.9 Å². The summed E-state index contributed by atoms with van der Waals surface area (Å²) < 4.78 is 0. The lowest BCUT2D eigenvalue weighted by molar-refractivity contribution is 1.16. The normalized spacial score (nSPS) is 10.4. The quantitative estimate of drug-likeness (QED) is 0.652. The van der Waals surface area contributed by atoms with Gasteiger partial charge in [-0.15, -0.1) is 0 Å². The Labute approximate surface area is 86.7 Å². The highest BCUT2D eigenvalue weighted by Crippen LogP contribution is 2.26. The smallest absolute Gasteiger partial charge is 0.0360 e. The van der Waals surface area contributed by atoms with E-state index < -0.39 is 0 Å². The molecule has 1 heteroatoms. The van der Waals surface area contributed by atoms with Crippen molar-refractivity contribution >= 4 is 5.71 Å². The summed E-state index contributed by atoms with van der Waals surface area (Å²) in [6.07, 6.45) is 0. The molecule has 0 amide bonds. The summed E-state index contributed by atoms with van der Waals surface area (Å²) in [7, 11) is 0. The molecule has 76 valence electrons. The standard InChI is InChI=1S/C13H19N/c1-7-8(2)10(4)13(12(6)14)11(5)9(7)3/h14H,1-6H3.